The van der Waals surface area contributed by atoms with E-state index < -0.39 is 0 Å². The molecule has 0 spiro atoms. The first-order valence-electron chi connectivity index (χ1n) is 19.5. The van der Waals surface area contributed by atoms with E-state index in [-0.39, 0.29) is 6.04 Å². The molecule has 12 rings (SSSR count). The van der Waals surface area contributed by atoms with E-state index in [1.165, 1.54) is 51.8 Å². The van der Waals surface area contributed by atoms with Crippen molar-refractivity contribution >= 4 is 103 Å². The average molecular weight is 780 g/mol. The number of nitrogens with one attached hydrogen (secondary N) is 1. The van der Waals surface area contributed by atoms with Crippen LogP contribution in [0.5, 0.6) is 0 Å². The Kier molecular flexibility index (Phi) is 7.61. The van der Waals surface area contributed by atoms with Gasteiger partial charge in [-0.2, -0.15) is 0 Å². The van der Waals surface area contributed by atoms with Gasteiger partial charge < -0.3 is 14.6 Å². The third-order valence-corrected chi connectivity index (χ3v) is 13.8. The summed E-state index contributed by atoms with van der Waals surface area (Å²) in [5.74, 6) is 0.844. The zero-order valence-electron chi connectivity index (χ0n) is 31.1. The SMILES string of the molecule is c1ccc(-c2ccc(C3NC(c4ccc5oc6cccc(N(c7ccccc7)c7cccc8c7sc7ccccc78)c6c5c4)=Nc4c3sc3ccccc43)cc2)cc1. The standard InChI is InChI=1S/C52H33N3OS2/c1-3-13-32(14-4-1)33-25-27-34(28-26-33)48-51-49(39-18-8-10-24-46(39)58-51)54-52(53-48)35-29-30-43-40(31-35)47-41(20-12-22-44(47)56-43)55(36-15-5-2-6-16-36)42-21-11-19-38-37-17-7-9-23-45(37)57-50(38)42/h1-31,48H,(H,53,54). The highest BCUT2D eigenvalue weighted by Gasteiger charge is 2.29. The largest absolute Gasteiger partial charge is 0.456 e. The van der Waals surface area contributed by atoms with Gasteiger partial charge in [0.1, 0.15) is 17.0 Å². The topological polar surface area (TPSA) is 40.8 Å². The maximum Gasteiger partial charge on any atom is 0.137 e. The van der Waals surface area contributed by atoms with E-state index >= 15 is 0 Å². The fraction of sp³-hybridized carbons (Fsp3) is 0.0192. The number of hydrogen-bond acceptors (Lipinski definition) is 6. The van der Waals surface area contributed by atoms with Crippen LogP contribution in [0, 0.1) is 0 Å². The van der Waals surface area contributed by atoms with Gasteiger partial charge in [-0.15, -0.1) is 22.7 Å². The van der Waals surface area contributed by atoms with Gasteiger partial charge in [0.05, 0.1) is 38.1 Å². The number of fused-ring (bicyclic) bond motifs is 9. The van der Waals surface area contributed by atoms with Crippen molar-refractivity contribution in [2.24, 2.45) is 4.99 Å². The number of thiophene rings is 2. The predicted molar refractivity (Wildman–Crippen MR) is 246 cm³/mol. The summed E-state index contributed by atoms with van der Waals surface area (Å²) >= 11 is 3.66. The number of furan rings is 1. The van der Waals surface area contributed by atoms with Crippen molar-refractivity contribution in [2.45, 2.75) is 6.04 Å². The van der Waals surface area contributed by atoms with Crippen molar-refractivity contribution in [1.82, 2.24) is 5.32 Å². The lowest BCUT2D eigenvalue weighted by atomic mass is 9.97. The van der Waals surface area contributed by atoms with Gasteiger partial charge in [0.15, 0.2) is 0 Å². The molecular weight excluding hydrogens is 747 g/mol. The van der Waals surface area contributed by atoms with Gasteiger partial charge in [-0.3, -0.25) is 0 Å². The smallest absolute Gasteiger partial charge is 0.137 e. The normalized spacial score (nSPS) is 13.9. The van der Waals surface area contributed by atoms with Crippen LogP contribution in [-0.2, 0) is 0 Å². The molecule has 0 fully saturated rings. The van der Waals surface area contributed by atoms with Gasteiger partial charge in [-0.25, -0.2) is 4.99 Å². The molecule has 1 N–H and O–H groups in total. The third kappa shape index (κ3) is 5.30. The Hall–Kier alpha value is -6.99. The molecule has 4 heterocycles. The molecule has 6 heteroatoms. The fourth-order valence-electron chi connectivity index (χ4n) is 8.62. The van der Waals surface area contributed by atoms with Gasteiger partial charge in [0, 0.05) is 42.2 Å². The Morgan fingerprint density at radius 1 is 0.500 bits per heavy atom. The summed E-state index contributed by atoms with van der Waals surface area (Å²) in [4.78, 5) is 9.03. The number of nitrogens with zero attached hydrogens (tertiary/aromatic N) is 2. The summed E-state index contributed by atoms with van der Waals surface area (Å²) in [6, 6.07) is 67.0. The summed E-state index contributed by atoms with van der Waals surface area (Å²) in [7, 11) is 0. The maximum absolute atomic E-state index is 6.65. The fourth-order valence-corrected chi connectivity index (χ4v) is 11.1. The van der Waals surface area contributed by atoms with Crippen LogP contribution in [-0.4, -0.2) is 5.84 Å². The Morgan fingerprint density at radius 2 is 1.16 bits per heavy atom. The third-order valence-electron chi connectivity index (χ3n) is 11.3. The minimum absolute atomic E-state index is 0.0626. The number of amidine groups is 1. The Morgan fingerprint density at radius 3 is 1.98 bits per heavy atom. The quantitative estimate of drug-likeness (QED) is 0.183. The summed E-state index contributed by atoms with van der Waals surface area (Å²) in [6.45, 7) is 0. The summed E-state index contributed by atoms with van der Waals surface area (Å²) in [5.41, 5.74) is 10.6. The lowest BCUT2D eigenvalue weighted by Gasteiger charge is -2.27. The van der Waals surface area contributed by atoms with Crippen LogP contribution in [0.1, 0.15) is 22.0 Å². The molecule has 8 aromatic carbocycles. The average Bonchev–Trinajstić information content (AvgIpc) is 3.99. The molecule has 0 aliphatic carbocycles. The first-order chi connectivity index (χ1) is 28.7. The van der Waals surface area contributed by atoms with Crippen LogP contribution in [0.4, 0.5) is 22.7 Å². The monoisotopic (exact) mass is 779 g/mol. The van der Waals surface area contributed by atoms with Crippen molar-refractivity contribution in [3.8, 4) is 11.1 Å². The molecule has 0 saturated heterocycles. The highest BCUT2D eigenvalue weighted by Crippen LogP contribution is 2.49. The molecule has 0 radical (unpaired) electrons. The molecule has 1 aliphatic heterocycles. The molecular formula is C52H33N3OS2. The first-order valence-corrected chi connectivity index (χ1v) is 21.1. The number of benzene rings is 8. The van der Waals surface area contributed by atoms with E-state index in [1.54, 1.807) is 0 Å². The molecule has 11 aromatic rings. The molecule has 3 aromatic heterocycles. The van der Waals surface area contributed by atoms with Gasteiger partial charge in [-0.1, -0.05) is 127 Å². The second-order valence-electron chi connectivity index (χ2n) is 14.7. The molecule has 4 nitrogen and oxygen atoms in total. The van der Waals surface area contributed by atoms with Crippen molar-refractivity contribution in [3.63, 3.8) is 0 Å². The predicted octanol–water partition coefficient (Wildman–Crippen LogP) is 15.1. The zero-order chi connectivity index (χ0) is 38.2. The summed E-state index contributed by atoms with van der Waals surface area (Å²) in [6.07, 6.45) is 0. The van der Waals surface area contributed by atoms with Crippen molar-refractivity contribution in [3.05, 3.63) is 204 Å². The minimum atomic E-state index is -0.0626. The van der Waals surface area contributed by atoms with Crippen LogP contribution < -0.4 is 10.2 Å². The van der Waals surface area contributed by atoms with E-state index in [0.29, 0.717) is 0 Å². The van der Waals surface area contributed by atoms with Crippen molar-refractivity contribution in [2.75, 3.05) is 4.90 Å². The zero-order valence-corrected chi connectivity index (χ0v) is 32.7. The summed E-state index contributed by atoms with van der Waals surface area (Å²) in [5, 5.41) is 9.73. The molecule has 1 unspecified atom stereocenters. The maximum atomic E-state index is 6.65. The number of rotatable bonds is 6. The summed E-state index contributed by atoms with van der Waals surface area (Å²) < 4.78 is 10.4. The van der Waals surface area contributed by atoms with Crippen molar-refractivity contribution in [1.29, 1.82) is 0 Å². The van der Waals surface area contributed by atoms with E-state index in [2.05, 4.69) is 198 Å². The van der Waals surface area contributed by atoms with Crippen LogP contribution in [0.25, 0.3) is 63.3 Å². The second kappa shape index (κ2) is 13.3. The lowest BCUT2D eigenvalue weighted by molar-refractivity contribution is 0.669. The highest BCUT2D eigenvalue weighted by atomic mass is 32.1. The van der Waals surface area contributed by atoms with E-state index in [1.807, 2.05) is 22.7 Å². The highest BCUT2D eigenvalue weighted by molar-refractivity contribution is 7.26. The number of para-hydroxylation sites is 1. The van der Waals surface area contributed by atoms with E-state index in [4.69, 9.17) is 9.41 Å². The van der Waals surface area contributed by atoms with Gasteiger partial charge >= 0.3 is 0 Å². The Balaban J connectivity index is 1.03. The molecule has 0 bridgehead atoms. The Labute approximate surface area is 342 Å². The number of anilines is 3. The van der Waals surface area contributed by atoms with Crippen LogP contribution in [0.2, 0.25) is 0 Å². The Bertz CT molecular complexity index is 3380. The van der Waals surface area contributed by atoms with Crippen molar-refractivity contribution < 1.29 is 4.42 Å². The van der Waals surface area contributed by atoms with Crippen LogP contribution in [0.15, 0.2) is 197 Å². The van der Waals surface area contributed by atoms with E-state index in [0.717, 1.165) is 56.1 Å². The molecule has 0 saturated carbocycles. The number of hydrogen-bond donors (Lipinski definition) is 1. The molecule has 1 atom stereocenters. The second-order valence-corrected chi connectivity index (χ2v) is 16.9. The lowest BCUT2D eigenvalue weighted by Crippen LogP contribution is -2.32. The molecule has 58 heavy (non-hydrogen) atoms. The molecule has 0 amide bonds. The van der Waals surface area contributed by atoms with Gasteiger partial charge in [0.25, 0.3) is 0 Å². The first kappa shape index (κ1) is 33.2. The minimum Gasteiger partial charge on any atom is -0.456 e. The number of aliphatic imine (C=N–C) groups is 1. The van der Waals surface area contributed by atoms with Crippen LogP contribution >= 0.6 is 22.7 Å². The molecule has 274 valence electrons. The van der Waals surface area contributed by atoms with Crippen LogP contribution in [0.3, 0.4) is 0 Å². The molecule has 1 aliphatic rings. The van der Waals surface area contributed by atoms with E-state index in [9.17, 15) is 0 Å². The van der Waals surface area contributed by atoms with Gasteiger partial charge in [-0.05, 0) is 77.4 Å². The van der Waals surface area contributed by atoms with Gasteiger partial charge in [0.2, 0.25) is 0 Å².